The fraction of sp³-hybridized carbons (Fsp3) is 0.400. The van der Waals surface area contributed by atoms with E-state index in [0.29, 0.717) is 25.1 Å². The maximum absolute atomic E-state index is 12.0. The van der Waals surface area contributed by atoms with E-state index in [-0.39, 0.29) is 24.2 Å². The van der Waals surface area contributed by atoms with Crippen molar-refractivity contribution in [2.24, 2.45) is 5.92 Å². The van der Waals surface area contributed by atoms with Crippen LogP contribution in [0.5, 0.6) is 0 Å². The molecule has 2 aliphatic rings. The van der Waals surface area contributed by atoms with Crippen LogP contribution in [0.2, 0.25) is 0 Å². The molecule has 2 fully saturated rings. The monoisotopic (exact) mass is 288 g/mol. The van der Waals surface area contributed by atoms with Crippen molar-refractivity contribution >= 4 is 23.5 Å². The first-order valence-corrected chi connectivity index (χ1v) is 6.93. The Morgan fingerprint density at radius 3 is 2.38 bits per heavy atom. The van der Waals surface area contributed by atoms with E-state index < -0.39 is 11.4 Å². The smallest absolute Gasteiger partial charge is 0.314 e. The number of hydrogen-bond acceptors (Lipinski definition) is 3. The van der Waals surface area contributed by atoms with Gasteiger partial charge in [0.1, 0.15) is 0 Å². The molecule has 1 saturated carbocycles. The van der Waals surface area contributed by atoms with Gasteiger partial charge in [0.25, 0.3) is 0 Å². The first kappa shape index (κ1) is 13.6. The Labute approximate surface area is 121 Å². The van der Waals surface area contributed by atoms with Crippen LogP contribution in [0.4, 0.5) is 5.69 Å². The van der Waals surface area contributed by atoms with Gasteiger partial charge < -0.3 is 15.7 Å². The van der Waals surface area contributed by atoms with E-state index in [1.54, 1.807) is 24.3 Å². The lowest BCUT2D eigenvalue weighted by atomic mass is 9.96. The summed E-state index contributed by atoms with van der Waals surface area (Å²) in [6, 6.07) is 6.91. The summed E-state index contributed by atoms with van der Waals surface area (Å²) in [7, 11) is 0. The molecule has 1 aliphatic heterocycles. The van der Waals surface area contributed by atoms with Crippen LogP contribution in [0.25, 0.3) is 0 Å². The number of nitrogens with one attached hydrogen (secondary N) is 2. The summed E-state index contributed by atoms with van der Waals surface area (Å²) in [5.41, 5.74) is 0.652. The maximum Gasteiger partial charge on any atom is 0.314 e. The Morgan fingerprint density at radius 1 is 1.24 bits per heavy atom. The number of carbonyl (C=O) groups excluding carboxylic acids is 2. The van der Waals surface area contributed by atoms with Crippen LogP contribution in [0.3, 0.4) is 0 Å². The topological polar surface area (TPSA) is 95.5 Å². The van der Waals surface area contributed by atoms with Gasteiger partial charge in [-0.15, -0.1) is 0 Å². The molecule has 1 aliphatic carbocycles. The van der Waals surface area contributed by atoms with E-state index in [1.807, 2.05) is 0 Å². The highest BCUT2D eigenvalue weighted by Gasteiger charge is 2.51. The molecule has 0 bridgehead atoms. The van der Waals surface area contributed by atoms with Gasteiger partial charge in [0.15, 0.2) is 0 Å². The number of aliphatic carboxylic acids is 1. The lowest BCUT2D eigenvalue weighted by molar-refractivity contribution is -0.140. The molecule has 0 radical (unpaired) electrons. The van der Waals surface area contributed by atoms with Crippen LogP contribution in [0.1, 0.15) is 24.8 Å². The predicted molar refractivity (Wildman–Crippen MR) is 74.7 cm³/mol. The minimum atomic E-state index is -0.796. The third-order valence-electron chi connectivity index (χ3n) is 4.21. The highest BCUT2D eigenvalue weighted by molar-refractivity contribution is 5.97. The molecule has 6 heteroatoms. The zero-order valence-electron chi connectivity index (χ0n) is 11.4. The molecular weight excluding hydrogens is 272 g/mol. The quantitative estimate of drug-likeness (QED) is 0.766. The summed E-state index contributed by atoms with van der Waals surface area (Å²) in [5.74, 6) is -1.44. The van der Waals surface area contributed by atoms with Crippen molar-refractivity contribution in [1.29, 1.82) is 0 Å². The van der Waals surface area contributed by atoms with Crippen molar-refractivity contribution in [2.75, 3.05) is 11.9 Å². The predicted octanol–water partition coefficient (Wildman–Crippen LogP) is 0.877. The molecule has 0 spiro atoms. The highest BCUT2D eigenvalue weighted by atomic mass is 16.4. The van der Waals surface area contributed by atoms with Gasteiger partial charge in [0.05, 0.1) is 11.3 Å². The van der Waals surface area contributed by atoms with Gasteiger partial charge in [-0.05, 0) is 30.5 Å². The van der Waals surface area contributed by atoms with E-state index in [0.717, 1.165) is 5.56 Å². The Bertz CT molecular complexity index is 605. The largest absolute Gasteiger partial charge is 0.481 e. The number of carboxylic acids is 1. The van der Waals surface area contributed by atoms with E-state index in [2.05, 4.69) is 10.6 Å². The fourth-order valence-corrected chi connectivity index (χ4v) is 2.66. The molecular formula is C15H16N2O4. The van der Waals surface area contributed by atoms with Gasteiger partial charge in [-0.25, -0.2) is 0 Å². The Morgan fingerprint density at radius 2 is 1.90 bits per heavy atom. The normalized spacial score (nSPS) is 22.5. The van der Waals surface area contributed by atoms with Gasteiger partial charge in [-0.2, -0.15) is 0 Å². The van der Waals surface area contributed by atoms with Crippen molar-refractivity contribution in [3.8, 4) is 0 Å². The molecule has 6 nitrogen and oxygen atoms in total. The first-order chi connectivity index (χ1) is 10.0. The lowest BCUT2D eigenvalue weighted by Crippen LogP contribution is -2.24. The third kappa shape index (κ3) is 2.49. The van der Waals surface area contributed by atoms with Crippen molar-refractivity contribution in [1.82, 2.24) is 5.32 Å². The summed E-state index contributed by atoms with van der Waals surface area (Å²) in [6.45, 7) is 0.366. The van der Waals surface area contributed by atoms with Crippen LogP contribution in [-0.2, 0) is 19.8 Å². The molecule has 2 amide bonds. The number of carbonyl (C=O) groups is 3. The minimum Gasteiger partial charge on any atom is -0.481 e. The summed E-state index contributed by atoms with van der Waals surface area (Å²) in [4.78, 5) is 34.3. The molecule has 1 heterocycles. The summed E-state index contributed by atoms with van der Waals surface area (Å²) in [6.07, 6.45) is 1.53. The minimum absolute atomic E-state index is 0.109. The molecule has 1 unspecified atom stereocenters. The highest BCUT2D eigenvalue weighted by Crippen LogP contribution is 2.48. The molecule has 3 N–H and O–H groups in total. The number of carboxylic acid groups (broad SMARTS) is 1. The number of hydrogen-bond donors (Lipinski definition) is 3. The fourth-order valence-electron chi connectivity index (χ4n) is 2.66. The third-order valence-corrected chi connectivity index (χ3v) is 4.21. The molecule has 110 valence electrons. The standard InChI is InChI=1S/C15H16N2O4/c18-12-7-9(8-16-12)13(19)17-11-3-1-10(2-4-11)15(5-6-15)14(20)21/h1-4,9H,5-8H2,(H,16,18)(H,17,19)(H,20,21). The average molecular weight is 288 g/mol. The van der Waals surface area contributed by atoms with E-state index in [4.69, 9.17) is 0 Å². The second-order valence-corrected chi connectivity index (χ2v) is 5.66. The van der Waals surface area contributed by atoms with Gasteiger partial charge in [-0.3, -0.25) is 14.4 Å². The van der Waals surface area contributed by atoms with E-state index >= 15 is 0 Å². The van der Waals surface area contributed by atoms with Crippen LogP contribution >= 0.6 is 0 Å². The zero-order chi connectivity index (χ0) is 15.0. The number of benzene rings is 1. The van der Waals surface area contributed by atoms with Gasteiger partial charge >= 0.3 is 5.97 Å². The van der Waals surface area contributed by atoms with E-state index in [1.165, 1.54) is 0 Å². The second kappa shape index (κ2) is 4.87. The van der Waals surface area contributed by atoms with Crippen LogP contribution < -0.4 is 10.6 Å². The van der Waals surface area contributed by atoms with Crippen molar-refractivity contribution in [2.45, 2.75) is 24.7 Å². The van der Waals surface area contributed by atoms with Crippen molar-refractivity contribution in [3.05, 3.63) is 29.8 Å². The van der Waals surface area contributed by atoms with Gasteiger partial charge in [0.2, 0.25) is 11.8 Å². The SMILES string of the molecule is O=C1CC(C(=O)Nc2ccc(C3(C(=O)O)CC3)cc2)CN1. The Kier molecular flexibility index (Phi) is 3.16. The molecule has 1 aromatic carbocycles. The molecule has 3 rings (SSSR count). The lowest BCUT2D eigenvalue weighted by Gasteiger charge is -2.12. The Hall–Kier alpha value is -2.37. The molecule has 1 aromatic rings. The number of anilines is 1. The Balaban J connectivity index is 1.66. The molecule has 0 aromatic heterocycles. The molecule has 21 heavy (non-hydrogen) atoms. The van der Waals surface area contributed by atoms with Crippen LogP contribution in [-0.4, -0.2) is 29.4 Å². The van der Waals surface area contributed by atoms with E-state index in [9.17, 15) is 19.5 Å². The van der Waals surface area contributed by atoms with Crippen molar-refractivity contribution < 1.29 is 19.5 Å². The van der Waals surface area contributed by atoms with Gasteiger partial charge in [0, 0.05) is 18.7 Å². The number of rotatable bonds is 4. The zero-order valence-corrected chi connectivity index (χ0v) is 11.4. The summed E-state index contributed by atoms with van der Waals surface area (Å²) >= 11 is 0. The average Bonchev–Trinajstić information content (AvgIpc) is 3.16. The summed E-state index contributed by atoms with van der Waals surface area (Å²) in [5, 5.41) is 14.6. The number of amides is 2. The maximum atomic E-state index is 12.0. The first-order valence-electron chi connectivity index (χ1n) is 6.93. The van der Waals surface area contributed by atoms with Crippen molar-refractivity contribution in [3.63, 3.8) is 0 Å². The molecule has 1 atom stereocenters. The van der Waals surface area contributed by atoms with Crippen LogP contribution in [0.15, 0.2) is 24.3 Å². The second-order valence-electron chi connectivity index (χ2n) is 5.66. The summed E-state index contributed by atoms with van der Waals surface area (Å²) < 4.78 is 0. The molecule has 1 saturated heterocycles. The van der Waals surface area contributed by atoms with Gasteiger partial charge in [-0.1, -0.05) is 12.1 Å². The van der Waals surface area contributed by atoms with Crippen LogP contribution in [0, 0.1) is 5.92 Å².